The molecule has 1 aliphatic rings. The minimum Gasteiger partial charge on any atom is -0.299 e. The summed E-state index contributed by atoms with van der Waals surface area (Å²) in [5.41, 5.74) is 4.22. The molecule has 5 rings (SSSR count). The highest BCUT2D eigenvalue weighted by Gasteiger charge is 2.21. The zero-order valence-electron chi connectivity index (χ0n) is 15.1. The number of nitrogens with zero attached hydrogens (tertiary/aromatic N) is 8. The van der Waals surface area contributed by atoms with Crippen molar-refractivity contribution in [1.29, 1.82) is 0 Å². The van der Waals surface area contributed by atoms with E-state index in [-0.39, 0.29) is 12.0 Å². The summed E-state index contributed by atoms with van der Waals surface area (Å²) in [6.07, 6.45) is 5.48. The van der Waals surface area contributed by atoms with Crippen LogP contribution in [0.2, 0.25) is 0 Å². The first-order chi connectivity index (χ1) is 13.2. The molecule has 3 aromatic heterocycles. The minimum absolute atomic E-state index is 0.0240. The Kier molecular flexibility index (Phi) is 3.56. The lowest BCUT2D eigenvalue weighted by Gasteiger charge is -2.14. The van der Waals surface area contributed by atoms with E-state index in [1.165, 1.54) is 0 Å². The van der Waals surface area contributed by atoms with Gasteiger partial charge in [0.1, 0.15) is 0 Å². The Bertz CT molecular complexity index is 1160. The molecule has 4 heterocycles. The first kappa shape index (κ1) is 15.8. The van der Waals surface area contributed by atoms with E-state index >= 15 is 0 Å². The van der Waals surface area contributed by atoms with Crippen LogP contribution in [0.25, 0.3) is 22.2 Å². The number of likely N-dealkylation sites (N-methyl/N-ethyl adjacent to an activating group) is 1. The average molecular weight is 358 g/mol. The third kappa shape index (κ3) is 2.69. The fourth-order valence-electron chi connectivity index (χ4n) is 3.42. The Morgan fingerprint density at radius 2 is 2.11 bits per heavy atom. The van der Waals surface area contributed by atoms with Gasteiger partial charge in [0, 0.05) is 31.4 Å². The van der Waals surface area contributed by atoms with E-state index in [0.717, 1.165) is 28.7 Å². The smallest absolute Gasteiger partial charge is 0.221 e. The Hall–Kier alpha value is -3.42. The second-order valence-corrected chi connectivity index (χ2v) is 6.82. The Labute approximate surface area is 155 Å². The van der Waals surface area contributed by atoms with Crippen LogP contribution >= 0.6 is 0 Å². The number of fused-ring (bicyclic) bond motifs is 2. The first-order valence-corrected chi connectivity index (χ1v) is 8.87. The largest absolute Gasteiger partial charge is 0.299 e. The molecule has 0 fully saturated rings. The number of benzene rings is 1. The van der Waals surface area contributed by atoms with Gasteiger partial charge in [0.25, 0.3) is 0 Å². The molecule has 4 aromatic rings. The normalized spacial score (nSPS) is 17.9. The second-order valence-electron chi connectivity index (χ2n) is 6.82. The van der Waals surface area contributed by atoms with Crippen molar-refractivity contribution in [3.63, 3.8) is 0 Å². The Balaban J connectivity index is 1.55. The Morgan fingerprint density at radius 3 is 2.96 bits per heavy atom. The zero-order valence-corrected chi connectivity index (χ0v) is 15.1. The van der Waals surface area contributed by atoms with Crippen LogP contribution in [0.4, 0.5) is 0 Å². The van der Waals surface area contributed by atoms with Gasteiger partial charge in [-0.2, -0.15) is 5.10 Å². The molecule has 2 atom stereocenters. The van der Waals surface area contributed by atoms with Crippen LogP contribution in [0.15, 0.2) is 47.8 Å². The fraction of sp³-hybridized carbons (Fsp3) is 0.263. The van der Waals surface area contributed by atoms with E-state index in [4.69, 9.17) is 4.98 Å². The summed E-state index contributed by atoms with van der Waals surface area (Å²) in [6, 6.07) is 10.2. The number of hydrogen-bond acceptors (Lipinski definition) is 7. The SMILES string of the molecule is CC(c1ccc2ncccc2c1)n1nnc2ncc(C3C=NN(C)C3)nc21. The van der Waals surface area contributed by atoms with E-state index < -0.39 is 0 Å². The maximum Gasteiger partial charge on any atom is 0.221 e. The van der Waals surface area contributed by atoms with Gasteiger partial charge in [0.2, 0.25) is 5.65 Å². The summed E-state index contributed by atoms with van der Waals surface area (Å²) in [5.74, 6) is 0.136. The van der Waals surface area contributed by atoms with E-state index in [9.17, 15) is 0 Å². The molecule has 0 saturated heterocycles. The van der Waals surface area contributed by atoms with E-state index in [0.29, 0.717) is 11.3 Å². The van der Waals surface area contributed by atoms with Crippen LogP contribution < -0.4 is 0 Å². The van der Waals surface area contributed by atoms with Gasteiger partial charge in [-0.3, -0.25) is 9.99 Å². The predicted molar refractivity (Wildman–Crippen MR) is 103 cm³/mol. The number of aromatic nitrogens is 6. The summed E-state index contributed by atoms with van der Waals surface area (Å²) in [6.45, 7) is 2.89. The molecular weight excluding hydrogens is 340 g/mol. The average Bonchev–Trinajstić information content (AvgIpc) is 3.32. The van der Waals surface area contributed by atoms with Gasteiger partial charge < -0.3 is 0 Å². The highest BCUT2D eigenvalue weighted by molar-refractivity contribution is 5.79. The topological polar surface area (TPSA) is 85.0 Å². The summed E-state index contributed by atoms with van der Waals surface area (Å²) >= 11 is 0. The molecule has 0 spiro atoms. The quantitative estimate of drug-likeness (QED) is 0.559. The van der Waals surface area contributed by atoms with Crippen molar-refractivity contribution in [2.75, 3.05) is 13.6 Å². The second kappa shape index (κ2) is 6.08. The summed E-state index contributed by atoms with van der Waals surface area (Å²) in [4.78, 5) is 13.6. The first-order valence-electron chi connectivity index (χ1n) is 8.87. The summed E-state index contributed by atoms with van der Waals surface area (Å²) < 4.78 is 1.83. The van der Waals surface area contributed by atoms with Crippen LogP contribution in [0.1, 0.15) is 30.1 Å². The molecule has 134 valence electrons. The standard InChI is InChI=1S/C19H18N8/c1-12(13-5-6-16-14(8-13)4-3-7-20-16)27-19-18(24-25-27)21-10-17(23-19)15-9-22-26(2)11-15/h3-10,12,15H,11H2,1-2H3. The lowest BCUT2D eigenvalue weighted by Crippen LogP contribution is -2.14. The van der Waals surface area contributed by atoms with Crippen molar-refractivity contribution in [2.45, 2.75) is 18.9 Å². The monoisotopic (exact) mass is 358 g/mol. The third-order valence-electron chi connectivity index (χ3n) is 4.97. The van der Waals surface area contributed by atoms with E-state index in [1.54, 1.807) is 12.4 Å². The molecule has 0 bridgehead atoms. The number of rotatable bonds is 3. The van der Waals surface area contributed by atoms with Crippen LogP contribution in [-0.2, 0) is 0 Å². The molecule has 27 heavy (non-hydrogen) atoms. The lowest BCUT2D eigenvalue weighted by molar-refractivity contribution is 0.380. The van der Waals surface area contributed by atoms with Gasteiger partial charge in [-0.15, -0.1) is 5.10 Å². The number of hydrazone groups is 1. The molecule has 0 amide bonds. The number of hydrogen-bond donors (Lipinski definition) is 0. The molecule has 8 nitrogen and oxygen atoms in total. The predicted octanol–water partition coefficient (Wildman–Crippen LogP) is 2.39. The van der Waals surface area contributed by atoms with Gasteiger partial charge >= 0.3 is 0 Å². The molecule has 1 aromatic carbocycles. The summed E-state index contributed by atoms with van der Waals surface area (Å²) in [7, 11) is 1.95. The van der Waals surface area contributed by atoms with Gasteiger partial charge in [-0.05, 0) is 30.7 Å². The molecule has 0 aliphatic carbocycles. The maximum atomic E-state index is 4.81. The van der Waals surface area contributed by atoms with Gasteiger partial charge in [-0.25, -0.2) is 14.6 Å². The minimum atomic E-state index is -0.0240. The van der Waals surface area contributed by atoms with Crippen molar-refractivity contribution in [3.05, 3.63) is 54.0 Å². The highest BCUT2D eigenvalue weighted by Crippen LogP contribution is 2.25. The van der Waals surface area contributed by atoms with Crippen molar-refractivity contribution in [2.24, 2.45) is 5.10 Å². The molecule has 0 saturated carbocycles. The van der Waals surface area contributed by atoms with Crippen LogP contribution in [0.3, 0.4) is 0 Å². The fourth-order valence-corrected chi connectivity index (χ4v) is 3.42. The van der Waals surface area contributed by atoms with Crippen LogP contribution in [-0.4, -0.2) is 54.8 Å². The van der Waals surface area contributed by atoms with Gasteiger partial charge in [-0.1, -0.05) is 17.3 Å². The van der Waals surface area contributed by atoms with Crippen LogP contribution in [0.5, 0.6) is 0 Å². The lowest BCUT2D eigenvalue weighted by atomic mass is 10.1. The van der Waals surface area contributed by atoms with Crippen molar-refractivity contribution < 1.29 is 0 Å². The van der Waals surface area contributed by atoms with Crippen molar-refractivity contribution >= 4 is 28.4 Å². The van der Waals surface area contributed by atoms with Crippen LogP contribution in [0, 0.1) is 0 Å². The molecule has 0 radical (unpaired) electrons. The zero-order chi connectivity index (χ0) is 18.4. The highest BCUT2D eigenvalue weighted by atomic mass is 15.5. The van der Waals surface area contributed by atoms with Gasteiger partial charge in [0.15, 0.2) is 5.65 Å². The molecule has 0 N–H and O–H groups in total. The van der Waals surface area contributed by atoms with Gasteiger partial charge in [0.05, 0.1) is 29.4 Å². The van der Waals surface area contributed by atoms with E-state index in [1.807, 2.05) is 35.1 Å². The Morgan fingerprint density at radius 1 is 1.19 bits per heavy atom. The molecule has 2 unspecified atom stereocenters. The summed E-state index contributed by atoms with van der Waals surface area (Å²) in [5, 5.41) is 15.8. The number of pyridine rings is 1. The molecular formula is C19H18N8. The third-order valence-corrected chi connectivity index (χ3v) is 4.97. The maximum absolute atomic E-state index is 4.81. The van der Waals surface area contributed by atoms with Crippen molar-refractivity contribution in [1.82, 2.24) is 35.0 Å². The van der Waals surface area contributed by atoms with Crippen molar-refractivity contribution in [3.8, 4) is 0 Å². The molecule has 1 aliphatic heterocycles. The molecule has 8 heteroatoms. The van der Waals surface area contributed by atoms with E-state index in [2.05, 4.69) is 50.5 Å².